The third-order valence-electron chi connectivity index (χ3n) is 4.04. The molecule has 1 unspecified atom stereocenters. The lowest BCUT2D eigenvalue weighted by Gasteiger charge is -2.29. The number of likely N-dealkylation sites (tertiary alicyclic amines) is 1. The molecule has 1 fully saturated rings. The van der Waals surface area contributed by atoms with E-state index >= 15 is 0 Å². The molecule has 3 rings (SSSR count). The van der Waals surface area contributed by atoms with Crippen LogP contribution in [0, 0.1) is 17.2 Å². The van der Waals surface area contributed by atoms with Crippen LogP contribution >= 0.6 is 0 Å². The van der Waals surface area contributed by atoms with Gasteiger partial charge in [-0.25, -0.2) is 0 Å². The Labute approximate surface area is 130 Å². The van der Waals surface area contributed by atoms with Gasteiger partial charge in [-0.1, -0.05) is 12.1 Å². The Hall–Kier alpha value is -2.67. The molecule has 1 amide bonds. The highest BCUT2D eigenvalue weighted by molar-refractivity contribution is 5.94. The molecule has 1 aromatic carbocycles. The maximum absolute atomic E-state index is 12.5. The van der Waals surface area contributed by atoms with Gasteiger partial charge >= 0.3 is 0 Å². The van der Waals surface area contributed by atoms with Gasteiger partial charge in [0.15, 0.2) is 0 Å². The molecule has 2 aromatic rings. The standard InChI is InChI=1S/C18H17N3O/c19-12-14-2-1-11-21(13-14)18(22)17-5-3-15(4-6-17)16-7-9-20-10-8-16/h3-10,14H,1-2,11,13H2. The number of aromatic nitrogens is 1. The van der Waals surface area contributed by atoms with Crippen molar-refractivity contribution in [3.8, 4) is 17.2 Å². The van der Waals surface area contributed by atoms with E-state index in [4.69, 9.17) is 5.26 Å². The van der Waals surface area contributed by atoms with Crippen molar-refractivity contribution in [3.05, 3.63) is 54.4 Å². The van der Waals surface area contributed by atoms with E-state index in [-0.39, 0.29) is 11.8 Å². The second-order valence-corrected chi connectivity index (χ2v) is 5.53. The fourth-order valence-corrected chi connectivity index (χ4v) is 2.80. The Kier molecular flexibility index (Phi) is 4.15. The zero-order valence-corrected chi connectivity index (χ0v) is 12.3. The summed E-state index contributed by atoms with van der Waals surface area (Å²) in [6.45, 7) is 1.28. The molecule has 4 nitrogen and oxygen atoms in total. The van der Waals surface area contributed by atoms with Crippen molar-refractivity contribution in [1.82, 2.24) is 9.88 Å². The van der Waals surface area contributed by atoms with Crippen LogP contribution in [0.5, 0.6) is 0 Å². The van der Waals surface area contributed by atoms with Crippen molar-refractivity contribution in [3.63, 3.8) is 0 Å². The molecular weight excluding hydrogens is 274 g/mol. The minimum absolute atomic E-state index is 0.0150. The summed E-state index contributed by atoms with van der Waals surface area (Å²) in [5, 5.41) is 9.03. The van der Waals surface area contributed by atoms with E-state index in [1.54, 1.807) is 17.3 Å². The Morgan fingerprint density at radius 2 is 1.82 bits per heavy atom. The number of nitrogens with zero attached hydrogens (tertiary/aromatic N) is 3. The minimum Gasteiger partial charge on any atom is -0.337 e. The van der Waals surface area contributed by atoms with Gasteiger partial charge in [-0.2, -0.15) is 5.26 Å². The first kappa shape index (κ1) is 14.3. The minimum atomic E-state index is -0.0335. The van der Waals surface area contributed by atoms with Crippen molar-refractivity contribution in [2.75, 3.05) is 13.1 Å². The number of amides is 1. The number of nitriles is 1. The van der Waals surface area contributed by atoms with Gasteiger partial charge in [0.2, 0.25) is 0 Å². The quantitative estimate of drug-likeness (QED) is 0.854. The lowest BCUT2D eigenvalue weighted by atomic mass is 9.98. The van der Waals surface area contributed by atoms with Crippen molar-refractivity contribution in [2.24, 2.45) is 5.92 Å². The first-order valence-electron chi connectivity index (χ1n) is 7.47. The molecule has 4 heteroatoms. The number of hydrogen-bond donors (Lipinski definition) is 0. The van der Waals surface area contributed by atoms with E-state index in [0.29, 0.717) is 12.1 Å². The third kappa shape index (κ3) is 2.99. The molecule has 1 atom stereocenters. The molecule has 0 N–H and O–H groups in total. The monoisotopic (exact) mass is 291 g/mol. The van der Waals surface area contributed by atoms with Crippen LogP contribution in [0.25, 0.3) is 11.1 Å². The third-order valence-corrected chi connectivity index (χ3v) is 4.04. The van der Waals surface area contributed by atoms with Gasteiger partial charge in [-0.05, 0) is 48.2 Å². The van der Waals surface area contributed by atoms with Crippen LogP contribution in [0.4, 0.5) is 0 Å². The van der Waals surface area contributed by atoms with Crippen LogP contribution in [-0.2, 0) is 0 Å². The molecule has 0 aliphatic carbocycles. The summed E-state index contributed by atoms with van der Waals surface area (Å²) < 4.78 is 0. The van der Waals surface area contributed by atoms with E-state index in [0.717, 1.165) is 30.5 Å². The van der Waals surface area contributed by atoms with Crippen molar-refractivity contribution >= 4 is 5.91 Å². The summed E-state index contributed by atoms with van der Waals surface area (Å²) >= 11 is 0. The van der Waals surface area contributed by atoms with E-state index in [1.807, 2.05) is 36.4 Å². The normalized spacial score (nSPS) is 17.8. The zero-order chi connectivity index (χ0) is 15.4. The SMILES string of the molecule is N#CC1CCCN(C(=O)c2ccc(-c3ccncc3)cc2)C1. The molecule has 0 saturated carbocycles. The van der Waals surface area contributed by atoms with Gasteiger partial charge in [0.1, 0.15) is 0 Å². The van der Waals surface area contributed by atoms with Crippen LogP contribution in [0.3, 0.4) is 0 Å². The van der Waals surface area contributed by atoms with Crippen molar-refractivity contribution in [1.29, 1.82) is 5.26 Å². The number of piperidine rings is 1. The number of hydrogen-bond acceptors (Lipinski definition) is 3. The number of pyridine rings is 1. The van der Waals surface area contributed by atoms with E-state index in [1.165, 1.54) is 0 Å². The van der Waals surface area contributed by atoms with E-state index in [2.05, 4.69) is 11.1 Å². The van der Waals surface area contributed by atoms with Gasteiger partial charge < -0.3 is 4.90 Å². The predicted molar refractivity (Wildman–Crippen MR) is 83.9 cm³/mol. The Morgan fingerprint density at radius 1 is 1.14 bits per heavy atom. The summed E-state index contributed by atoms with van der Waals surface area (Å²) in [6.07, 6.45) is 5.30. The maximum atomic E-state index is 12.5. The Bertz CT molecular complexity index is 689. The molecule has 2 heterocycles. The van der Waals surface area contributed by atoms with Gasteiger partial charge in [-0.15, -0.1) is 0 Å². The average Bonchev–Trinajstić information content (AvgIpc) is 2.62. The first-order valence-corrected chi connectivity index (χ1v) is 7.47. The van der Waals surface area contributed by atoms with Gasteiger partial charge in [0.25, 0.3) is 5.91 Å². The molecule has 110 valence electrons. The number of carbonyl (C=O) groups is 1. The number of carbonyl (C=O) groups excluding carboxylic acids is 1. The summed E-state index contributed by atoms with van der Waals surface area (Å²) in [5.74, 6) is -0.0185. The van der Waals surface area contributed by atoms with Crippen molar-refractivity contribution in [2.45, 2.75) is 12.8 Å². The molecule has 22 heavy (non-hydrogen) atoms. The highest BCUT2D eigenvalue weighted by atomic mass is 16.2. The molecule has 0 spiro atoms. The summed E-state index contributed by atoms with van der Waals surface area (Å²) in [7, 11) is 0. The number of benzene rings is 1. The molecule has 1 aliphatic heterocycles. The molecule has 1 aromatic heterocycles. The zero-order valence-electron chi connectivity index (χ0n) is 12.3. The van der Waals surface area contributed by atoms with Crippen LogP contribution in [0.2, 0.25) is 0 Å². The molecule has 0 bridgehead atoms. The Balaban J connectivity index is 1.75. The van der Waals surface area contributed by atoms with Crippen LogP contribution in [-0.4, -0.2) is 28.9 Å². The lowest BCUT2D eigenvalue weighted by Crippen LogP contribution is -2.39. The molecule has 1 aliphatic rings. The van der Waals surface area contributed by atoms with Crippen molar-refractivity contribution < 1.29 is 4.79 Å². The first-order chi connectivity index (χ1) is 10.8. The summed E-state index contributed by atoms with van der Waals surface area (Å²) in [5.41, 5.74) is 2.82. The fraction of sp³-hybridized carbons (Fsp3) is 0.278. The molecule has 1 saturated heterocycles. The van der Waals surface area contributed by atoms with Crippen LogP contribution in [0.1, 0.15) is 23.2 Å². The smallest absolute Gasteiger partial charge is 0.253 e. The lowest BCUT2D eigenvalue weighted by molar-refractivity contribution is 0.0699. The fourth-order valence-electron chi connectivity index (χ4n) is 2.80. The van der Waals surface area contributed by atoms with Gasteiger partial charge in [0.05, 0.1) is 12.0 Å². The summed E-state index contributed by atoms with van der Waals surface area (Å²) in [6, 6.07) is 13.8. The second kappa shape index (κ2) is 6.40. The van der Waals surface area contributed by atoms with Crippen LogP contribution < -0.4 is 0 Å². The number of rotatable bonds is 2. The highest BCUT2D eigenvalue weighted by Gasteiger charge is 2.24. The molecular formula is C18H17N3O. The second-order valence-electron chi connectivity index (χ2n) is 5.53. The maximum Gasteiger partial charge on any atom is 0.253 e. The Morgan fingerprint density at radius 3 is 2.50 bits per heavy atom. The average molecular weight is 291 g/mol. The van der Waals surface area contributed by atoms with Gasteiger partial charge in [-0.3, -0.25) is 9.78 Å². The van der Waals surface area contributed by atoms with E-state index < -0.39 is 0 Å². The molecule has 0 radical (unpaired) electrons. The topological polar surface area (TPSA) is 57.0 Å². The summed E-state index contributed by atoms with van der Waals surface area (Å²) in [4.78, 5) is 18.3. The highest BCUT2D eigenvalue weighted by Crippen LogP contribution is 2.21. The van der Waals surface area contributed by atoms with Crippen LogP contribution in [0.15, 0.2) is 48.8 Å². The largest absolute Gasteiger partial charge is 0.337 e. The predicted octanol–water partition coefficient (Wildman–Crippen LogP) is 3.12. The van der Waals surface area contributed by atoms with E-state index in [9.17, 15) is 4.79 Å². The van der Waals surface area contributed by atoms with Gasteiger partial charge in [0, 0.05) is 31.0 Å².